The molecule has 0 saturated carbocycles. The fourth-order valence-electron chi connectivity index (χ4n) is 2.65. The molecule has 1 atom stereocenters. The zero-order valence-corrected chi connectivity index (χ0v) is 13.6. The van der Waals surface area contributed by atoms with Crippen molar-refractivity contribution in [1.29, 1.82) is 0 Å². The SMILES string of the molecule is COc1cc(C(=O)N2CCN(C)C[C@H]2C)cc(Cl)c1OC. The molecule has 0 N–H and O–H groups in total. The van der Waals surface area contributed by atoms with Crippen molar-refractivity contribution < 1.29 is 14.3 Å². The highest BCUT2D eigenvalue weighted by Crippen LogP contribution is 2.36. The van der Waals surface area contributed by atoms with Crippen LogP contribution in [0, 0.1) is 0 Å². The Bertz CT molecular complexity index is 536. The molecule has 21 heavy (non-hydrogen) atoms. The molecule has 1 aliphatic rings. The standard InChI is InChI=1S/C15H21ClN2O3/c1-10-9-17(2)5-6-18(10)15(19)11-7-12(16)14(21-4)13(8-11)20-3/h7-8,10H,5-6,9H2,1-4H3/t10-/m1/s1. The predicted molar refractivity (Wildman–Crippen MR) is 82.6 cm³/mol. The number of hydrogen-bond donors (Lipinski definition) is 0. The van der Waals surface area contributed by atoms with Crippen LogP contribution in [0.4, 0.5) is 0 Å². The van der Waals surface area contributed by atoms with E-state index in [1.54, 1.807) is 12.1 Å². The lowest BCUT2D eigenvalue weighted by atomic mass is 10.1. The van der Waals surface area contributed by atoms with Crippen LogP contribution in [0.5, 0.6) is 11.5 Å². The van der Waals surface area contributed by atoms with Gasteiger partial charge in [-0.05, 0) is 26.1 Å². The lowest BCUT2D eigenvalue weighted by Crippen LogP contribution is -2.52. The number of rotatable bonds is 3. The van der Waals surface area contributed by atoms with E-state index in [1.165, 1.54) is 14.2 Å². The van der Waals surface area contributed by atoms with Gasteiger partial charge in [-0.1, -0.05) is 11.6 Å². The monoisotopic (exact) mass is 312 g/mol. The van der Waals surface area contributed by atoms with E-state index in [0.717, 1.165) is 13.1 Å². The number of carbonyl (C=O) groups is 1. The third-order valence-electron chi connectivity index (χ3n) is 3.77. The number of carbonyl (C=O) groups excluding carboxylic acids is 1. The molecule has 6 heteroatoms. The Morgan fingerprint density at radius 3 is 2.57 bits per heavy atom. The first-order valence-corrected chi connectivity index (χ1v) is 7.26. The molecule has 0 aliphatic carbocycles. The van der Waals surface area contributed by atoms with Crippen molar-refractivity contribution in [3.8, 4) is 11.5 Å². The summed E-state index contributed by atoms with van der Waals surface area (Å²) < 4.78 is 10.4. The van der Waals surface area contributed by atoms with Crippen molar-refractivity contribution in [3.63, 3.8) is 0 Å². The Kier molecular flexibility index (Phi) is 4.96. The number of halogens is 1. The molecular weight excluding hydrogens is 292 g/mol. The zero-order chi connectivity index (χ0) is 15.6. The summed E-state index contributed by atoms with van der Waals surface area (Å²) in [5.41, 5.74) is 0.522. The summed E-state index contributed by atoms with van der Waals surface area (Å²) in [5.74, 6) is 0.885. The molecule has 0 spiro atoms. The summed E-state index contributed by atoms with van der Waals surface area (Å²) in [6, 6.07) is 3.48. The summed E-state index contributed by atoms with van der Waals surface area (Å²) in [4.78, 5) is 16.8. The maximum atomic E-state index is 12.7. The van der Waals surface area contributed by atoms with E-state index in [2.05, 4.69) is 18.9 Å². The van der Waals surface area contributed by atoms with Crippen LogP contribution < -0.4 is 9.47 Å². The average molecular weight is 313 g/mol. The van der Waals surface area contributed by atoms with Crippen molar-refractivity contribution >= 4 is 17.5 Å². The Hall–Kier alpha value is -1.46. The third kappa shape index (κ3) is 3.24. The second-order valence-corrected chi connectivity index (χ2v) is 5.71. The van der Waals surface area contributed by atoms with E-state index in [4.69, 9.17) is 21.1 Å². The first-order valence-electron chi connectivity index (χ1n) is 6.89. The van der Waals surface area contributed by atoms with Crippen LogP contribution in [-0.4, -0.2) is 62.7 Å². The first-order chi connectivity index (χ1) is 9.97. The maximum absolute atomic E-state index is 12.7. The van der Waals surface area contributed by atoms with Gasteiger partial charge in [-0.3, -0.25) is 4.79 Å². The van der Waals surface area contributed by atoms with Crippen LogP contribution in [0.1, 0.15) is 17.3 Å². The van der Waals surface area contributed by atoms with Gasteiger partial charge >= 0.3 is 0 Å². The second kappa shape index (κ2) is 6.54. The van der Waals surface area contributed by atoms with Gasteiger partial charge in [-0.15, -0.1) is 0 Å². The minimum absolute atomic E-state index is 0.0292. The number of likely N-dealkylation sites (N-methyl/N-ethyl adjacent to an activating group) is 1. The molecule has 1 aromatic rings. The van der Waals surface area contributed by atoms with Gasteiger partial charge in [0, 0.05) is 31.2 Å². The summed E-state index contributed by atoms with van der Waals surface area (Å²) in [7, 11) is 5.11. The van der Waals surface area contributed by atoms with Gasteiger partial charge in [0.15, 0.2) is 11.5 Å². The summed E-state index contributed by atoms with van der Waals surface area (Å²) in [6.07, 6.45) is 0. The molecule has 116 valence electrons. The van der Waals surface area contributed by atoms with Crippen LogP contribution in [0.2, 0.25) is 5.02 Å². The van der Waals surface area contributed by atoms with Gasteiger partial charge in [-0.25, -0.2) is 0 Å². The Balaban J connectivity index is 2.29. The number of hydrogen-bond acceptors (Lipinski definition) is 4. The fraction of sp³-hybridized carbons (Fsp3) is 0.533. The minimum Gasteiger partial charge on any atom is -0.493 e. The van der Waals surface area contributed by atoms with Crippen molar-refractivity contribution in [1.82, 2.24) is 9.80 Å². The molecule has 0 aromatic heterocycles. The molecule has 1 fully saturated rings. The number of amides is 1. The van der Waals surface area contributed by atoms with E-state index < -0.39 is 0 Å². The molecule has 1 aromatic carbocycles. The van der Waals surface area contributed by atoms with Crippen molar-refractivity contribution in [3.05, 3.63) is 22.7 Å². The largest absolute Gasteiger partial charge is 0.493 e. The molecule has 1 saturated heterocycles. The van der Waals surface area contributed by atoms with Gasteiger partial charge < -0.3 is 19.3 Å². The number of benzene rings is 1. The van der Waals surface area contributed by atoms with Crippen LogP contribution in [0.15, 0.2) is 12.1 Å². The minimum atomic E-state index is -0.0292. The molecule has 0 bridgehead atoms. The highest BCUT2D eigenvalue weighted by molar-refractivity contribution is 6.32. The topological polar surface area (TPSA) is 42.0 Å². The normalized spacial score (nSPS) is 19.5. The highest BCUT2D eigenvalue weighted by atomic mass is 35.5. The molecule has 2 rings (SSSR count). The van der Waals surface area contributed by atoms with E-state index in [0.29, 0.717) is 28.6 Å². The predicted octanol–water partition coefficient (Wildman–Crippen LogP) is 2.13. The van der Waals surface area contributed by atoms with Gasteiger partial charge in [0.2, 0.25) is 0 Å². The third-order valence-corrected chi connectivity index (χ3v) is 4.05. The van der Waals surface area contributed by atoms with E-state index in [-0.39, 0.29) is 11.9 Å². The lowest BCUT2D eigenvalue weighted by molar-refractivity contribution is 0.0533. The van der Waals surface area contributed by atoms with Crippen molar-refractivity contribution in [2.45, 2.75) is 13.0 Å². The molecule has 0 unspecified atom stereocenters. The van der Waals surface area contributed by atoms with Gasteiger partial charge in [0.05, 0.1) is 19.2 Å². The molecule has 1 amide bonds. The number of nitrogens with zero attached hydrogens (tertiary/aromatic N) is 2. The summed E-state index contributed by atoms with van der Waals surface area (Å²) in [5, 5.41) is 0.377. The number of piperazine rings is 1. The molecular formula is C15H21ClN2O3. The molecule has 1 heterocycles. The van der Waals surface area contributed by atoms with Crippen LogP contribution in [0.25, 0.3) is 0 Å². The van der Waals surface area contributed by atoms with Crippen LogP contribution in [0.3, 0.4) is 0 Å². The highest BCUT2D eigenvalue weighted by Gasteiger charge is 2.27. The number of ether oxygens (including phenoxy) is 2. The van der Waals surface area contributed by atoms with Crippen LogP contribution >= 0.6 is 11.6 Å². The van der Waals surface area contributed by atoms with Gasteiger partial charge in [0.25, 0.3) is 5.91 Å². The summed E-state index contributed by atoms with van der Waals surface area (Å²) in [6.45, 7) is 4.50. The smallest absolute Gasteiger partial charge is 0.254 e. The molecule has 5 nitrogen and oxygen atoms in total. The maximum Gasteiger partial charge on any atom is 0.254 e. The fourth-order valence-corrected chi connectivity index (χ4v) is 2.94. The Labute approximate surface area is 130 Å². The van der Waals surface area contributed by atoms with Gasteiger partial charge in [-0.2, -0.15) is 0 Å². The van der Waals surface area contributed by atoms with Crippen molar-refractivity contribution in [2.24, 2.45) is 0 Å². The molecule has 0 radical (unpaired) electrons. The van der Waals surface area contributed by atoms with E-state index >= 15 is 0 Å². The Morgan fingerprint density at radius 2 is 2.00 bits per heavy atom. The van der Waals surface area contributed by atoms with E-state index in [1.807, 2.05) is 4.90 Å². The van der Waals surface area contributed by atoms with Crippen molar-refractivity contribution in [2.75, 3.05) is 40.9 Å². The van der Waals surface area contributed by atoms with E-state index in [9.17, 15) is 4.79 Å². The average Bonchev–Trinajstić information content (AvgIpc) is 2.45. The van der Waals surface area contributed by atoms with Crippen LogP contribution in [-0.2, 0) is 0 Å². The zero-order valence-electron chi connectivity index (χ0n) is 12.9. The summed E-state index contributed by atoms with van der Waals surface area (Å²) >= 11 is 6.17. The lowest BCUT2D eigenvalue weighted by Gasteiger charge is -2.38. The quantitative estimate of drug-likeness (QED) is 0.857. The first kappa shape index (κ1) is 15.9. The molecule has 1 aliphatic heterocycles. The van der Waals surface area contributed by atoms with Gasteiger partial charge in [0.1, 0.15) is 0 Å². The second-order valence-electron chi connectivity index (χ2n) is 5.30. The number of methoxy groups -OCH3 is 2. The Morgan fingerprint density at radius 1 is 1.29 bits per heavy atom.